The third kappa shape index (κ3) is 2.73. The number of aromatic amines is 1. The van der Waals surface area contributed by atoms with Crippen LogP contribution in [0.5, 0.6) is 0 Å². The smallest absolute Gasteiger partial charge is 0.254 e. The second-order valence-electron chi connectivity index (χ2n) is 4.76. The van der Waals surface area contributed by atoms with Crippen molar-refractivity contribution < 1.29 is 0 Å². The van der Waals surface area contributed by atoms with E-state index in [1.54, 1.807) is 19.1 Å². The molecule has 4 heteroatoms. The van der Waals surface area contributed by atoms with Crippen molar-refractivity contribution in [3.8, 4) is 22.6 Å². The molecule has 0 fully saturated rings. The van der Waals surface area contributed by atoms with Crippen LogP contribution in [0.3, 0.4) is 0 Å². The minimum atomic E-state index is -0.140. The number of hydrogen-bond acceptors (Lipinski definition) is 2. The summed E-state index contributed by atoms with van der Waals surface area (Å²) in [7, 11) is 0. The highest BCUT2D eigenvalue weighted by molar-refractivity contribution is 6.30. The first-order chi connectivity index (χ1) is 10.1. The molecule has 0 unspecified atom stereocenters. The molecule has 0 aliphatic heterocycles. The first-order valence-electron chi connectivity index (χ1n) is 6.57. The lowest BCUT2D eigenvalue weighted by atomic mass is 10.1. The van der Waals surface area contributed by atoms with Crippen LogP contribution in [0.1, 0.15) is 5.56 Å². The fraction of sp³-hybridized carbons (Fsp3) is 0.0588. The SMILES string of the molecule is Cc1c(-c2ccccc2)nc(-c2cccc(Cl)c2)[nH]c1=O. The first-order valence-corrected chi connectivity index (χ1v) is 6.95. The number of halogens is 1. The Kier molecular flexibility index (Phi) is 3.59. The van der Waals surface area contributed by atoms with Crippen LogP contribution < -0.4 is 5.56 Å². The molecule has 0 atom stereocenters. The van der Waals surface area contributed by atoms with Crippen LogP contribution in [0.25, 0.3) is 22.6 Å². The molecule has 3 aromatic rings. The highest BCUT2D eigenvalue weighted by atomic mass is 35.5. The van der Waals surface area contributed by atoms with Gasteiger partial charge in [-0.1, -0.05) is 54.1 Å². The van der Waals surface area contributed by atoms with Crippen LogP contribution in [0.4, 0.5) is 0 Å². The van der Waals surface area contributed by atoms with Gasteiger partial charge in [-0.15, -0.1) is 0 Å². The fourth-order valence-corrected chi connectivity index (χ4v) is 2.37. The summed E-state index contributed by atoms with van der Waals surface area (Å²) in [5.41, 5.74) is 2.86. The summed E-state index contributed by atoms with van der Waals surface area (Å²) >= 11 is 6.00. The Hall–Kier alpha value is -2.39. The number of H-pyrrole nitrogens is 1. The molecular weight excluding hydrogens is 284 g/mol. The molecule has 0 aliphatic carbocycles. The van der Waals surface area contributed by atoms with Gasteiger partial charge in [0.05, 0.1) is 5.69 Å². The van der Waals surface area contributed by atoms with Crippen LogP contribution in [0, 0.1) is 6.92 Å². The highest BCUT2D eigenvalue weighted by Crippen LogP contribution is 2.23. The Morgan fingerprint density at radius 3 is 2.43 bits per heavy atom. The molecule has 1 aromatic heterocycles. The molecule has 21 heavy (non-hydrogen) atoms. The summed E-state index contributed by atoms with van der Waals surface area (Å²) in [5, 5.41) is 0.608. The molecule has 3 nitrogen and oxygen atoms in total. The molecule has 2 aromatic carbocycles. The predicted octanol–water partition coefficient (Wildman–Crippen LogP) is 4.07. The molecule has 0 bridgehead atoms. The number of rotatable bonds is 2. The largest absolute Gasteiger partial charge is 0.306 e. The van der Waals surface area contributed by atoms with Crippen LogP contribution in [0.2, 0.25) is 5.02 Å². The monoisotopic (exact) mass is 296 g/mol. The summed E-state index contributed by atoms with van der Waals surface area (Å²) in [6.45, 7) is 1.77. The number of benzene rings is 2. The number of hydrogen-bond donors (Lipinski definition) is 1. The van der Waals surface area contributed by atoms with Crippen molar-refractivity contribution in [3.63, 3.8) is 0 Å². The van der Waals surface area contributed by atoms with Gasteiger partial charge in [0, 0.05) is 21.7 Å². The summed E-state index contributed by atoms with van der Waals surface area (Å²) in [4.78, 5) is 19.6. The van der Waals surface area contributed by atoms with E-state index >= 15 is 0 Å². The third-order valence-electron chi connectivity index (χ3n) is 3.30. The van der Waals surface area contributed by atoms with E-state index in [2.05, 4.69) is 9.97 Å². The van der Waals surface area contributed by atoms with Gasteiger partial charge in [-0.25, -0.2) is 4.98 Å². The molecule has 1 heterocycles. The van der Waals surface area contributed by atoms with Gasteiger partial charge in [-0.2, -0.15) is 0 Å². The molecule has 0 saturated carbocycles. The molecule has 0 aliphatic rings. The third-order valence-corrected chi connectivity index (χ3v) is 3.53. The fourth-order valence-electron chi connectivity index (χ4n) is 2.18. The Bertz CT molecular complexity index is 841. The van der Waals surface area contributed by atoms with Crippen molar-refractivity contribution >= 4 is 11.6 Å². The maximum absolute atomic E-state index is 12.2. The minimum absolute atomic E-state index is 0.140. The number of nitrogens with one attached hydrogen (secondary N) is 1. The van der Waals surface area contributed by atoms with Crippen LogP contribution in [0.15, 0.2) is 59.4 Å². The van der Waals surface area contributed by atoms with E-state index in [9.17, 15) is 4.79 Å². The van der Waals surface area contributed by atoms with Gasteiger partial charge in [-0.05, 0) is 19.1 Å². The topological polar surface area (TPSA) is 45.8 Å². The van der Waals surface area contributed by atoms with Gasteiger partial charge in [0.15, 0.2) is 0 Å². The van der Waals surface area contributed by atoms with Crippen molar-refractivity contribution in [3.05, 3.63) is 75.5 Å². The Morgan fingerprint density at radius 1 is 1.00 bits per heavy atom. The Labute approximate surface area is 127 Å². The lowest BCUT2D eigenvalue weighted by molar-refractivity contribution is 1.09. The van der Waals surface area contributed by atoms with E-state index in [4.69, 9.17) is 11.6 Å². The average Bonchev–Trinajstić information content (AvgIpc) is 2.51. The lowest BCUT2D eigenvalue weighted by Gasteiger charge is -2.08. The van der Waals surface area contributed by atoms with Crippen LogP contribution in [-0.2, 0) is 0 Å². The zero-order valence-electron chi connectivity index (χ0n) is 11.4. The van der Waals surface area contributed by atoms with Gasteiger partial charge < -0.3 is 4.98 Å². The van der Waals surface area contributed by atoms with Crippen molar-refractivity contribution in [2.24, 2.45) is 0 Å². The van der Waals surface area contributed by atoms with Gasteiger partial charge in [0.25, 0.3) is 5.56 Å². The summed E-state index contributed by atoms with van der Waals surface area (Å²) < 4.78 is 0. The molecule has 1 N–H and O–H groups in total. The van der Waals surface area contributed by atoms with Crippen LogP contribution in [-0.4, -0.2) is 9.97 Å². The lowest BCUT2D eigenvalue weighted by Crippen LogP contribution is -2.14. The maximum atomic E-state index is 12.2. The molecule has 0 amide bonds. The zero-order valence-corrected chi connectivity index (χ0v) is 12.2. The van der Waals surface area contributed by atoms with E-state index in [1.807, 2.05) is 42.5 Å². The predicted molar refractivity (Wildman–Crippen MR) is 85.5 cm³/mol. The highest BCUT2D eigenvalue weighted by Gasteiger charge is 2.10. The standard InChI is InChI=1S/C17H13ClN2O/c1-11-15(12-6-3-2-4-7-12)19-16(20-17(11)21)13-8-5-9-14(18)10-13/h2-10H,1H3,(H,19,20,21). The van der Waals surface area contributed by atoms with Gasteiger partial charge in [0.1, 0.15) is 5.82 Å². The molecule has 0 radical (unpaired) electrons. The quantitative estimate of drug-likeness (QED) is 0.775. The van der Waals surface area contributed by atoms with Gasteiger partial charge in [0.2, 0.25) is 0 Å². The summed E-state index contributed by atoms with van der Waals surface area (Å²) in [6.07, 6.45) is 0. The molecule has 104 valence electrons. The average molecular weight is 297 g/mol. The van der Waals surface area contributed by atoms with Crippen molar-refractivity contribution in [2.45, 2.75) is 6.92 Å². The number of nitrogens with zero attached hydrogens (tertiary/aromatic N) is 1. The van der Waals surface area contributed by atoms with Crippen LogP contribution >= 0.6 is 11.6 Å². The van der Waals surface area contributed by atoms with E-state index in [-0.39, 0.29) is 5.56 Å². The molecular formula is C17H13ClN2O. The number of aromatic nitrogens is 2. The first kappa shape index (κ1) is 13.6. The van der Waals surface area contributed by atoms with E-state index < -0.39 is 0 Å². The Balaban J connectivity index is 2.21. The van der Waals surface area contributed by atoms with Crippen molar-refractivity contribution in [1.29, 1.82) is 0 Å². The molecule has 3 rings (SSSR count). The summed E-state index contributed by atoms with van der Waals surface area (Å²) in [5.74, 6) is 0.520. The normalized spacial score (nSPS) is 10.6. The zero-order chi connectivity index (χ0) is 14.8. The second kappa shape index (κ2) is 5.54. The minimum Gasteiger partial charge on any atom is -0.306 e. The van der Waals surface area contributed by atoms with E-state index in [1.165, 1.54) is 0 Å². The van der Waals surface area contributed by atoms with Gasteiger partial charge >= 0.3 is 0 Å². The molecule has 0 saturated heterocycles. The van der Waals surface area contributed by atoms with Crippen molar-refractivity contribution in [1.82, 2.24) is 9.97 Å². The van der Waals surface area contributed by atoms with Gasteiger partial charge in [-0.3, -0.25) is 4.79 Å². The summed E-state index contributed by atoms with van der Waals surface area (Å²) in [6, 6.07) is 16.9. The van der Waals surface area contributed by atoms with E-state index in [0.29, 0.717) is 22.1 Å². The van der Waals surface area contributed by atoms with Crippen molar-refractivity contribution in [2.75, 3.05) is 0 Å². The second-order valence-corrected chi connectivity index (χ2v) is 5.20. The Morgan fingerprint density at radius 2 is 1.71 bits per heavy atom. The molecule has 0 spiro atoms. The van der Waals surface area contributed by atoms with E-state index in [0.717, 1.165) is 11.1 Å². The maximum Gasteiger partial charge on any atom is 0.254 e.